The number of fused-ring (bicyclic) bond motifs is 1. The summed E-state index contributed by atoms with van der Waals surface area (Å²) in [5.41, 5.74) is 0.521. The molecule has 0 unspecified atom stereocenters. The van der Waals surface area contributed by atoms with Crippen molar-refractivity contribution >= 4 is 28.9 Å². The topological polar surface area (TPSA) is 130 Å². The molecule has 1 saturated heterocycles. The highest BCUT2D eigenvalue weighted by Gasteiger charge is 2.57. The number of carbonyl (C=O) groups excluding carboxylic acids is 2. The van der Waals surface area contributed by atoms with E-state index in [1.54, 1.807) is 18.2 Å². The fraction of sp³-hybridized carbons (Fsp3) is 0.250. The van der Waals surface area contributed by atoms with Gasteiger partial charge >= 0.3 is 0 Å². The van der Waals surface area contributed by atoms with Crippen LogP contribution in [0.15, 0.2) is 41.6 Å². The fourth-order valence-corrected chi connectivity index (χ4v) is 3.69. The van der Waals surface area contributed by atoms with E-state index in [1.165, 1.54) is 33.5 Å². The van der Waals surface area contributed by atoms with Gasteiger partial charge in [-0.1, -0.05) is 11.2 Å². The van der Waals surface area contributed by atoms with Crippen LogP contribution in [0, 0.1) is 16.0 Å². The Labute approximate surface area is 175 Å². The smallest absolute Gasteiger partial charge is 0.279 e. The number of oxime groups is 1. The molecule has 31 heavy (non-hydrogen) atoms. The van der Waals surface area contributed by atoms with E-state index in [1.807, 2.05) is 0 Å². The Balaban J connectivity index is 1.75. The van der Waals surface area contributed by atoms with E-state index in [0.29, 0.717) is 17.1 Å². The van der Waals surface area contributed by atoms with E-state index in [0.717, 1.165) is 11.0 Å². The van der Waals surface area contributed by atoms with Crippen molar-refractivity contribution in [1.29, 1.82) is 0 Å². The Bertz CT molecular complexity index is 1130. The SMILES string of the molecule is COc1cc([N+](=O)[O-])ccc1N1C(=O)[C@H]2C(c3cccc(OC)c3OC)=NO[C@H]2C1=O. The van der Waals surface area contributed by atoms with Crippen LogP contribution in [0.4, 0.5) is 11.4 Å². The number of ether oxygens (including phenoxy) is 3. The van der Waals surface area contributed by atoms with Crippen molar-refractivity contribution < 1.29 is 33.6 Å². The van der Waals surface area contributed by atoms with E-state index >= 15 is 0 Å². The Morgan fingerprint density at radius 1 is 1.03 bits per heavy atom. The predicted octanol–water partition coefficient (Wildman–Crippen LogP) is 1.91. The van der Waals surface area contributed by atoms with Crippen LogP contribution in [-0.2, 0) is 14.4 Å². The predicted molar refractivity (Wildman–Crippen MR) is 107 cm³/mol. The zero-order valence-electron chi connectivity index (χ0n) is 16.7. The van der Waals surface area contributed by atoms with Crippen LogP contribution < -0.4 is 19.1 Å². The molecule has 2 aromatic carbocycles. The quantitative estimate of drug-likeness (QED) is 0.388. The standard InChI is InChI=1S/C20H17N3O8/c1-28-13-6-4-5-11(17(13)30-3)16-15-18(31-21-16)20(25)22(19(15)24)12-8-7-10(23(26)27)9-14(12)29-2/h4-9,15,18H,1-3H3/t15-,18+/m0/s1. The number of nitrogens with zero attached hydrogens (tertiary/aromatic N) is 3. The number of hydrogen-bond acceptors (Lipinski definition) is 9. The molecular formula is C20H17N3O8. The highest BCUT2D eigenvalue weighted by atomic mass is 16.7. The van der Waals surface area contributed by atoms with Crippen LogP contribution in [0.25, 0.3) is 0 Å². The Morgan fingerprint density at radius 2 is 1.77 bits per heavy atom. The first-order valence-corrected chi connectivity index (χ1v) is 9.08. The second kappa shape index (κ2) is 7.59. The molecule has 0 saturated carbocycles. The Hall–Kier alpha value is -4.15. The normalized spacial score (nSPS) is 19.6. The number of rotatable bonds is 6. The van der Waals surface area contributed by atoms with Gasteiger partial charge in [-0.3, -0.25) is 19.7 Å². The van der Waals surface area contributed by atoms with Gasteiger partial charge in [0.1, 0.15) is 17.4 Å². The molecule has 0 aliphatic carbocycles. The van der Waals surface area contributed by atoms with Crippen molar-refractivity contribution in [3.05, 3.63) is 52.1 Å². The minimum atomic E-state index is -1.17. The van der Waals surface area contributed by atoms with Crippen LogP contribution in [-0.4, -0.2) is 49.9 Å². The summed E-state index contributed by atoms with van der Waals surface area (Å²) in [6, 6.07) is 8.69. The third-order valence-corrected chi connectivity index (χ3v) is 5.11. The lowest BCUT2D eigenvalue weighted by molar-refractivity contribution is -0.384. The first kappa shape index (κ1) is 20.1. The third-order valence-electron chi connectivity index (χ3n) is 5.11. The van der Waals surface area contributed by atoms with E-state index in [4.69, 9.17) is 19.0 Å². The summed E-state index contributed by atoms with van der Waals surface area (Å²) in [5.74, 6) is -1.48. The molecule has 2 aliphatic heterocycles. The van der Waals surface area contributed by atoms with Gasteiger partial charge < -0.3 is 19.0 Å². The van der Waals surface area contributed by atoms with Gasteiger partial charge in [0.25, 0.3) is 11.6 Å². The molecule has 2 aromatic rings. The maximum atomic E-state index is 13.3. The first-order valence-electron chi connectivity index (χ1n) is 9.08. The molecule has 11 nitrogen and oxygen atoms in total. The van der Waals surface area contributed by atoms with Crippen molar-refractivity contribution in [2.24, 2.45) is 11.1 Å². The zero-order valence-corrected chi connectivity index (χ0v) is 16.7. The average Bonchev–Trinajstić information content (AvgIpc) is 3.32. The molecule has 2 aliphatic rings. The van der Waals surface area contributed by atoms with Gasteiger partial charge in [-0.2, -0.15) is 0 Å². The van der Waals surface area contributed by atoms with Crippen molar-refractivity contribution in [2.75, 3.05) is 26.2 Å². The lowest BCUT2D eigenvalue weighted by atomic mass is 9.93. The summed E-state index contributed by atoms with van der Waals surface area (Å²) in [7, 11) is 4.22. The number of para-hydroxylation sites is 1. The van der Waals surface area contributed by atoms with E-state index < -0.39 is 28.8 Å². The monoisotopic (exact) mass is 427 g/mol. The summed E-state index contributed by atoms with van der Waals surface area (Å²) in [4.78, 5) is 43.0. The number of methoxy groups -OCH3 is 3. The Morgan fingerprint density at radius 3 is 2.42 bits per heavy atom. The van der Waals surface area contributed by atoms with Gasteiger partial charge in [-0.15, -0.1) is 0 Å². The van der Waals surface area contributed by atoms with Crippen LogP contribution in [0.3, 0.4) is 0 Å². The van der Waals surface area contributed by atoms with E-state index in [2.05, 4.69) is 5.16 Å². The molecule has 0 N–H and O–H groups in total. The number of amides is 2. The molecule has 2 heterocycles. The molecule has 0 bridgehead atoms. The number of hydrogen-bond donors (Lipinski definition) is 0. The molecule has 1 fully saturated rings. The highest BCUT2D eigenvalue weighted by Crippen LogP contribution is 2.42. The van der Waals surface area contributed by atoms with Crippen molar-refractivity contribution in [2.45, 2.75) is 6.10 Å². The summed E-state index contributed by atoms with van der Waals surface area (Å²) in [6.45, 7) is 0. The molecule has 0 spiro atoms. The van der Waals surface area contributed by atoms with Gasteiger partial charge in [0.15, 0.2) is 11.5 Å². The number of nitro groups is 1. The molecule has 11 heteroatoms. The number of non-ortho nitro benzene ring substituents is 1. The molecule has 4 rings (SSSR count). The molecular weight excluding hydrogens is 410 g/mol. The maximum absolute atomic E-state index is 13.3. The van der Waals surface area contributed by atoms with Crippen molar-refractivity contribution in [1.82, 2.24) is 0 Å². The average molecular weight is 427 g/mol. The summed E-state index contributed by atoms with van der Waals surface area (Å²) in [5, 5.41) is 15.0. The van der Waals surface area contributed by atoms with Gasteiger partial charge in [-0.25, -0.2) is 4.90 Å². The minimum Gasteiger partial charge on any atom is -0.494 e. The molecule has 2 atom stereocenters. The van der Waals surface area contributed by atoms with Crippen molar-refractivity contribution in [3.63, 3.8) is 0 Å². The number of anilines is 1. The zero-order chi connectivity index (χ0) is 22.3. The lowest BCUT2D eigenvalue weighted by Gasteiger charge is -2.18. The van der Waals surface area contributed by atoms with Crippen LogP contribution >= 0.6 is 0 Å². The highest BCUT2D eigenvalue weighted by molar-refractivity contribution is 6.33. The summed E-state index contributed by atoms with van der Waals surface area (Å²) < 4.78 is 15.9. The van der Waals surface area contributed by atoms with Gasteiger partial charge in [0.2, 0.25) is 12.0 Å². The van der Waals surface area contributed by atoms with Gasteiger partial charge in [-0.05, 0) is 18.2 Å². The maximum Gasteiger partial charge on any atom is 0.279 e. The van der Waals surface area contributed by atoms with E-state index in [9.17, 15) is 19.7 Å². The van der Waals surface area contributed by atoms with Crippen LogP contribution in [0.5, 0.6) is 17.2 Å². The summed E-state index contributed by atoms with van der Waals surface area (Å²) in [6.07, 6.45) is -1.17. The second-order valence-electron chi connectivity index (χ2n) is 6.65. The van der Waals surface area contributed by atoms with Crippen LogP contribution in [0.1, 0.15) is 5.56 Å². The number of benzene rings is 2. The molecule has 0 radical (unpaired) electrons. The summed E-state index contributed by atoms with van der Waals surface area (Å²) >= 11 is 0. The lowest BCUT2D eigenvalue weighted by Crippen LogP contribution is -2.33. The van der Waals surface area contributed by atoms with Gasteiger partial charge in [0, 0.05) is 11.6 Å². The molecule has 160 valence electrons. The number of nitro benzene ring substituents is 1. The Kier molecular flexibility index (Phi) is 4.93. The largest absolute Gasteiger partial charge is 0.494 e. The van der Waals surface area contributed by atoms with E-state index in [-0.39, 0.29) is 22.8 Å². The van der Waals surface area contributed by atoms with Crippen LogP contribution in [0.2, 0.25) is 0 Å². The molecule has 0 aromatic heterocycles. The number of carbonyl (C=O) groups is 2. The minimum absolute atomic E-state index is 0.00771. The second-order valence-corrected chi connectivity index (χ2v) is 6.65. The first-order chi connectivity index (χ1) is 14.9. The fourth-order valence-electron chi connectivity index (χ4n) is 3.69. The molecule has 2 amide bonds. The third kappa shape index (κ3) is 3.01. The van der Waals surface area contributed by atoms with Crippen molar-refractivity contribution in [3.8, 4) is 17.2 Å². The van der Waals surface area contributed by atoms with Gasteiger partial charge in [0.05, 0.1) is 38.0 Å². The number of imide groups is 1.